The van der Waals surface area contributed by atoms with Gasteiger partial charge in [0.15, 0.2) is 0 Å². The average Bonchev–Trinajstić information content (AvgIpc) is 2.18. The van der Waals surface area contributed by atoms with Crippen molar-refractivity contribution >= 4 is 31.9 Å². The van der Waals surface area contributed by atoms with Crippen LogP contribution in [0.5, 0.6) is 0 Å². The van der Waals surface area contributed by atoms with Gasteiger partial charge in [-0.2, -0.15) is 0 Å². The number of hydrogen-bond donors (Lipinski definition) is 0. The van der Waals surface area contributed by atoms with Crippen LogP contribution in [0.3, 0.4) is 0 Å². The molecule has 2 nitrogen and oxygen atoms in total. The molecule has 0 bridgehead atoms. The third kappa shape index (κ3) is 2.19. The lowest BCUT2D eigenvalue weighted by atomic mass is 10.1. The minimum Gasteiger partial charge on any atom is -0.236 e. The third-order valence-corrected chi connectivity index (χ3v) is 2.68. The molecule has 0 aliphatic carbocycles. The molecule has 0 atom stereocenters. The van der Waals surface area contributed by atoms with Crippen molar-refractivity contribution in [3.05, 3.63) is 45.7 Å². The smallest absolute Gasteiger partial charge is 0.117 e. The van der Waals surface area contributed by atoms with E-state index in [0.29, 0.717) is 0 Å². The van der Waals surface area contributed by atoms with Crippen molar-refractivity contribution in [1.82, 2.24) is 9.97 Å². The van der Waals surface area contributed by atoms with Crippen LogP contribution in [-0.2, 0) is 0 Å². The van der Waals surface area contributed by atoms with Crippen molar-refractivity contribution in [2.75, 3.05) is 0 Å². The van der Waals surface area contributed by atoms with Crippen molar-refractivity contribution in [2.45, 2.75) is 0 Å². The van der Waals surface area contributed by atoms with Gasteiger partial charge in [-0.15, -0.1) is 0 Å². The Morgan fingerprint density at radius 3 is 2.57 bits per heavy atom. The highest BCUT2D eigenvalue weighted by Gasteiger charge is 2.00. The molecule has 0 fully saturated rings. The number of halogens is 2. The topological polar surface area (TPSA) is 25.8 Å². The van der Waals surface area contributed by atoms with Gasteiger partial charge in [0.25, 0.3) is 0 Å². The van der Waals surface area contributed by atoms with Gasteiger partial charge in [-0.1, -0.05) is 28.1 Å². The van der Waals surface area contributed by atoms with Gasteiger partial charge in [0.1, 0.15) is 10.9 Å². The van der Waals surface area contributed by atoms with Crippen molar-refractivity contribution < 1.29 is 0 Å². The van der Waals surface area contributed by atoms with Crippen LogP contribution >= 0.6 is 31.9 Å². The van der Waals surface area contributed by atoms with Crippen LogP contribution in [-0.4, -0.2) is 9.97 Å². The number of aromatic nitrogens is 2. The van der Waals surface area contributed by atoms with Gasteiger partial charge < -0.3 is 0 Å². The molecule has 0 unspecified atom stereocenters. The second-order valence-corrected chi connectivity index (χ2v) is 4.46. The Labute approximate surface area is 98.7 Å². The summed E-state index contributed by atoms with van der Waals surface area (Å²) in [7, 11) is 0. The Morgan fingerprint density at radius 2 is 1.86 bits per heavy atom. The predicted octanol–water partition coefficient (Wildman–Crippen LogP) is 3.67. The number of hydrogen-bond acceptors (Lipinski definition) is 2. The Kier molecular flexibility index (Phi) is 2.93. The van der Waals surface area contributed by atoms with Crippen molar-refractivity contribution in [2.24, 2.45) is 0 Å². The average molecular weight is 314 g/mol. The summed E-state index contributed by atoms with van der Waals surface area (Å²) >= 11 is 6.74. The molecular weight excluding hydrogens is 308 g/mol. The molecule has 1 aromatic heterocycles. The molecule has 0 saturated carbocycles. The first-order valence-corrected chi connectivity index (χ1v) is 5.58. The van der Waals surface area contributed by atoms with Gasteiger partial charge in [-0.3, -0.25) is 0 Å². The summed E-state index contributed by atoms with van der Waals surface area (Å²) in [4.78, 5) is 8.17. The fraction of sp³-hybridized carbons (Fsp3) is 0. The van der Waals surface area contributed by atoms with Gasteiger partial charge in [0, 0.05) is 10.0 Å². The Morgan fingerprint density at radius 1 is 1.00 bits per heavy atom. The SMILES string of the molecule is Brc1cccc(-c2cc(Br)ncn2)c1. The third-order valence-electron chi connectivity index (χ3n) is 1.75. The lowest BCUT2D eigenvalue weighted by Crippen LogP contribution is -1.85. The van der Waals surface area contributed by atoms with Gasteiger partial charge in [-0.05, 0) is 34.1 Å². The van der Waals surface area contributed by atoms with Crippen LogP contribution in [0.2, 0.25) is 0 Å². The molecule has 14 heavy (non-hydrogen) atoms. The Balaban J connectivity index is 2.49. The molecule has 0 aliphatic rings. The van der Waals surface area contributed by atoms with Gasteiger partial charge in [-0.25, -0.2) is 9.97 Å². The molecular formula is C10H6Br2N2. The normalized spacial score (nSPS) is 10.1. The van der Waals surface area contributed by atoms with Gasteiger partial charge >= 0.3 is 0 Å². The molecule has 0 spiro atoms. The van der Waals surface area contributed by atoms with E-state index in [1.165, 1.54) is 0 Å². The molecule has 2 aromatic rings. The largest absolute Gasteiger partial charge is 0.236 e. The van der Waals surface area contributed by atoms with E-state index in [1.807, 2.05) is 30.3 Å². The first-order chi connectivity index (χ1) is 6.75. The van der Waals surface area contributed by atoms with Crippen LogP contribution in [0.1, 0.15) is 0 Å². The van der Waals surface area contributed by atoms with Crippen LogP contribution in [0.4, 0.5) is 0 Å². The number of nitrogens with zero attached hydrogens (tertiary/aromatic N) is 2. The standard InChI is InChI=1S/C10H6Br2N2/c11-8-3-1-2-7(4-8)9-5-10(12)14-6-13-9/h1-6H. The second-order valence-electron chi connectivity index (χ2n) is 2.74. The maximum absolute atomic E-state index is 4.19. The fourth-order valence-electron chi connectivity index (χ4n) is 1.14. The monoisotopic (exact) mass is 312 g/mol. The first kappa shape index (κ1) is 9.80. The summed E-state index contributed by atoms with van der Waals surface area (Å²) in [5, 5.41) is 0. The lowest BCUT2D eigenvalue weighted by molar-refractivity contribution is 1.14. The summed E-state index contributed by atoms with van der Waals surface area (Å²) in [5.41, 5.74) is 1.98. The quantitative estimate of drug-likeness (QED) is 0.751. The molecule has 1 heterocycles. The molecule has 70 valence electrons. The van der Waals surface area contributed by atoms with E-state index in [2.05, 4.69) is 41.8 Å². The fourth-order valence-corrected chi connectivity index (χ4v) is 1.85. The Bertz CT molecular complexity index is 414. The molecule has 0 saturated heterocycles. The summed E-state index contributed by atoms with van der Waals surface area (Å²) in [5.74, 6) is 0. The molecule has 0 aliphatic heterocycles. The predicted molar refractivity (Wildman–Crippen MR) is 62.9 cm³/mol. The van der Waals surface area contributed by atoms with Crippen LogP contribution in [0, 0.1) is 0 Å². The van der Waals surface area contributed by atoms with E-state index >= 15 is 0 Å². The molecule has 1 aromatic carbocycles. The van der Waals surface area contributed by atoms with Crippen molar-refractivity contribution in [1.29, 1.82) is 0 Å². The van der Waals surface area contributed by atoms with Gasteiger partial charge in [0.2, 0.25) is 0 Å². The van der Waals surface area contributed by atoms with E-state index in [9.17, 15) is 0 Å². The molecule has 0 radical (unpaired) electrons. The summed E-state index contributed by atoms with van der Waals surface area (Å²) in [6.07, 6.45) is 1.54. The van der Waals surface area contributed by atoms with Crippen molar-refractivity contribution in [3.8, 4) is 11.3 Å². The van der Waals surface area contributed by atoms with Gasteiger partial charge in [0.05, 0.1) is 5.69 Å². The number of benzene rings is 1. The van der Waals surface area contributed by atoms with E-state index in [1.54, 1.807) is 6.33 Å². The van der Waals surface area contributed by atoms with Crippen LogP contribution in [0.25, 0.3) is 11.3 Å². The number of rotatable bonds is 1. The van der Waals surface area contributed by atoms with E-state index < -0.39 is 0 Å². The molecule has 0 N–H and O–H groups in total. The highest BCUT2D eigenvalue weighted by molar-refractivity contribution is 9.10. The summed E-state index contributed by atoms with van der Waals surface area (Å²) < 4.78 is 1.84. The van der Waals surface area contributed by atoms with E-state index in [4.69, 9.17) is 0 Å². The van der Waals surface area contributed by atoms with E-state index in [0.717, 1.165) is 20.3 Å². The maximum Gasteiger partial charge on any atom is 0.117 e. The highest BCUT2D eigenvalue weighted by atomic mass is 79.9. The minimum atomic E-state index is 0.794. The highest BCUT2D eigenvalue weighted by Crippen LogP contribution is 2.22. The maximum atomic E-state index is 4.19. The molecule has 2 rings (SSSR count). The Hall–Kier alpha value is -0.740. The van der Waals surface area contributed by atoms with E-state index in [-0.39, 0.29) is 0 Å². The first-order valence-electron chi connectivity index (χ1n) is 3.99. The second kappa shape index (κ2) is 4.19. The van der Waals surface area contributed by atoms with Crippen molar-refractivity contribution in [3.63, 3.8) is 0 Å². The minimum absolute atomic E-state index is 0.794. The zero-order valence-corrected chi connectivity index (χ0v) is 10.3. The zero-order valence-electron chi connectivity index (χ0n) is 7.11. The zero-order chi connectivity index (χ0) is 9.97. The molecule has 4 heteroatoms. The summed E-state index contributed by atoms with van der Waals surface area (Å²) in [6.45, 7) is 0. The molecule has 0 amide bonds. The lowest BCUT2D eigenvalue weighted by Gasteiger charge is -2.00. The van der Waals surface area contributed by atoms with Crippen LogP contribution < -0.4 is 0 Å². The summed E-state index contributed by atoms with van der Waals surface area (Å²) in [6, 6.07) is 9.89. The van der Waals surface area contributed by atoms with Crippen LogP contribution in [0.15, 0.2) is 45.7 Å².